The number of benzene rings is 2. The third-order valence-corrected chi connectivity index (χ3v) is 7.80. The number of nitrogens with one attached hydrogen (secondary N) is 1. The molecule has 34 heavy (non-hydrogen) atoms. The zero-order chi connectivity index (χ0) is 24.5. The molecule has 0 aromatic heterocycles. The molecule has 2 aromatic carbocycles. The smallest absolute Gasteiger partial charge is 0.263 e. The Labute approximate surface area is 198 Å². The van der Waals surface area contributed by atoms with Crippen LogP contribution in [0.4, 0.5) is 10.1 Å². The molecule has 0 spiro atoms. The molecule has 8 nitrogen and oxygen atoms in total. The van der Waals surface area contributed by atoms with E-state index in [-0.39, 0.29) is 28.1 Å². The molecule has 1 saturated heterocycles. The molecule has 2 heterocycles. The van der Waals surface area contributed by atoms with Gasteiger partial charge in [0.15, 0.2) is 0 Å². The minimum absolute atomic E-state index is 0.00154. The quantitative estimate of drug-likeness (QED) is 0.704. The fourth-order valence-electron chi connectivity index (χ4n) is 4.26. The number of anilines is 1. The molecule has 178 valence electrons. The van der Waals surface area contributed by atoms with E-state index >= 15 is 0 Å². The Hall–Kier alpha value is -3.45. The van der Waals surface area contributed by atoms with Gasteiger partial charge in [-0.1, -0.05) is 38.5 Å². The van der Waals surface area contributed by atoms with Gasteiger partial charge in [0.1, 0.15) is 29.3 Å². The third kappa shape index (κ3) is 4.35. The van der Waals surface area contributed by atoms with Gasteiger partial charge < -0.3 is 9.80 Å². The summed E-state index contributed by atoms with van der Waals surface area (Å²) in [7, 11) is -3.70. The molecule has 1 N–H and O–H groups in total. The number of halogens is 1. The molecule has 2 atom stereocenters. The van der Waals surface area contributed by atoms with Gasteiger partial charge in [-0.3, -0.25) is 14.5 Å². The van der Waals surface area contributed by atoms with Crippen molar-refractivity contribution in [2.45, 2.75) is 31.2 Å². The predicted octanol–water partition coefficient (Wildman–Crippen LogP) is 2.50. The van der Waals surface area contributed by atoms with Crippen molar-refractivity contribution in [3.8, 4) is 6.07 Å². The predicted molar refractivity (Wildman–Crippen MR) is 126 cm³/mol. The van der Waals surface area contributed by atoms with Crippen LogP contribution in [0.1, 0.15) is 31.4 Å². The number of carbonyl (C=O) groups excluding carboxylic acids is 1. The first-order chi connectivity index (χ1) is 16.3. The summed E-state index contributed by atoms with van der Waals surface area (Å²) in [5.41, 5.74) is 0.979. The Bertz CT molecular complexity index is 1280. The molecule has 4 rings (SSSR count). The van der Waals surface area contributed by atoms with Gasteiger partial charge in [-0.05, 0) is 30.2 Å². The van der Waals surface area contributed by atoms with Crippen LogP contribution in [0.2, 0.25) is 0 Å². The number of hydrogen-bond acceptors (Lipinski definition) is 6. The lowest BCUT2D eigenvalue weighted by atomic mass is 9.97. The van der Waals surface area contributed by atoms with E-state index in [0.29, 0.717) is 43.9 Å². The Morgan fingerprint density at radius 1 is 1.18 bits per heavy atom. The molecular formula is C24H26FN5O3S. The number of amides is 1. The maximum absolute atomic E-state index is 14.0. The van der Waals surface area contributed by atoms with Gasteiger partial charge in [0.2, 0.25) is 5.91 Å². The van der Waals surface area contributed by atoms with Crippen molar-refractivity contribution in [1.82, 2.24) is 9.62 Å². The highest BCUT2D eigenvalue weighted by Gasteiger charge is 2.35. The summed E-state index contributed by atoms with van der Waals surface area (Å²) in [5.74, 6) is -0.662. The van der Waals surface area contributed by atoms with E-state index in [1.165, 1.54) is 12.1 Å². The fourth-order valence-corrected chi connectivity index (χ4v) is 5.50. The van der Waals surface area contributed by atoms with Crippen LogP contribution in [0.25, 0.3) is 0 Å². The van der Waals surface area contributed by atoms with Crippen LogP contribution in [-0.2, 0) is 14.8 Å². The molecule has 0 unspecified atom stereocenters. The number of rotatable bonds is 5. The lowest BCUT2D eigenvalue weighted by Gasteiger charge is -2.38. The SMILES string of the molecule is CC[C@H](C)[C@H](N=C1NS(=O)(=O)c2ccccc21)C(=O)N1CCN(c2cccc(F)c2C#N)CC1. The van der Waals surface area contributed by atoms with Crippen molar-refractivity contribution in [3.05, 3.63) is 59.4 Å². The highest BCUT2D eigenvalue weighted by atomic mass is 32.2. The fraction of sp³-hybridized carbons (Fsp3) is 0.375. The van der Waals surface area contributed by atoms with E-state index in [1.54, 1.807) is 35.2 Å². The average molecular weight is 484 g/mol. The first kappa shape index (κ1) is 23.7. The highest BCUT2D eigenvalue weighted by Crippen LogP contribution is 2.26. The van der Waals surface area contributed by atoms with Crippen molar-refractivity contribution in [1.29, 1.82) is 5.26 Å². The second kappa shape index (κ2) is 9.43. The summed E-state index contributed by atoms with van der Waals surface area (Å²) < 4.78 is 41.4. The third-order valence-electron chi connectivity index (χ3n) is 6.40. The monoisotopic (exact) mass is 483 g/mol. The Morgan fingerprint density at radius 3 is 2.56 bits per heavy atom. The van der Waals surface area contributed by atoms with Gasteiger partial charge in [0.25, 0.3) is 10.0 Å². The van der Waals surface area contributed by atoms with Gasteiger partial charge in [0, 0.05) is 31.7 Å². The molecule has 0 bridgehead atoms. The Balaban J connectivity index is 1.55. The van der Waals surface area contributed by atoms with Crippen LogP contribution >= 0.6 is 0 Å². The molecule has 2 aromatic rings. The maximum atomic E-state index is 14.0. The number of hydrogen-bond donors (Lipinski definition) is 1. The van der Waals surface area contributed by atoms with Crippen molar-refractivity contribution in [2.24, 2.45) is 10.9 Å². The number of nitrogens with zero attached hydrogens (tertiary/aromatic N) is 4. The van der Waals surface area contributed by atoms with Crippen molar-refractivity contribution in [3.63, 3.8) is 0 Å². The minimum atomic E-state index is -3.70. The lowest BCUT2D eigenvalue weighted by molar-refractivity contribution is -0.133. The molecule has 2 aliphatic rings. The average Bonchev–Trinajstić information content (AvgIpc) is 3.11. The summed E-state index contributed by atoms with van der Waals surface area (Å²) in [4.78, 5) is 21.9. The minimum Gasteiger partial charge on any atom is -0.367 e. The summed E-state index contributed by atoms with van der Waals surface area (Å²) in [6.07, 6.45) is 0.691. The maximum Gasteiger partial charge on any atom is 0.263 e. The Kier molecular flexibility index (Phi) is 6.57. The summed E-state index contributed by atoms with van der Waals surface area (Å²) in [5, 5.41) is 9.33. The van der Waals surface area contributed by atoms with Gasteiger partial charge >= 0.3 is 0 Å². The van der Waals surface area contributed by atoms with E-state index in [0.717, 1.165) is 0 Å². The van der Waals surface area contributed by atoms with Crippen LogP contribution < -0.4 is 9.62 Å². The first-order valence-corrected chi connectivity index (χ1v) is 12.7. The number of carbonyl (C=O) groups is 1. The summed E-state index contributed by atoms with van der Waals surface area (Å²) in [6, 6.07) is 12.3. The van der Waals surface area contributed by atoms with E-state index in [2.05, 4.69) is 9.71 Å². The first-order valence-electron chi connectivity index (χ1n) is 11.2. The second-order valence-corrected chi connectivity index (χ2v) is 10.1. The summed E-state index contributed by atoms with van der Waals surface area (Å²) >= 11 is 0. The van der Waals surface area contributed by atoms with Crippen molar-refractivity contribution in [2.75, 3.05) is 31.1 Å². The van der Waals surface area contributed by atoms with Gasteiger partial charge in [-0.15, -0.1) is 0 Å². The van der Waals surface area contributed by atoms with E-state index in [1.807, 2.05) is 24.8 Å². The Morgan fingerprint density at radius 2 is 1.88 bits per heavy atom. The molecule has 1 amide bonds. The number of aliphatic imine (C=N–C) groups is 1. The molecule has 10 heteroatoms. The van der Waals surface area contributed by atoms with E-state index in [9.17, 15) is 22.9 Å². The van der Waals surface area contributed by atoms with Gasteiger partial charge in [0.05, 0.1) is 10.6 Å². The molecule has 0 radical (unpaired) electrons. The number of amidine groups is 1. The number of piperazine rings is 1. The normalized spacial score (nSPS) is 19.8. The van der Waals surface area contributed by atoms with Crippen LogP contribution in [0.3, 0.4) is 0 Å². The van der Waals surface area contributed by atoms with Crippen LogP contribution in [0.5, 0.6) is 0 Å². The van der Waals surface area contributed by atoms with E-state index in [4.69, 9.17) is 0 Å². The van der Waals surface area contributed by atoms with Crippen LogP contribution in [0.15, 0.2) is 52.4 Å². The largest absolute Gasteiger partial charge is 0.367 e. The topological polar surface area (TPSA) is 106 Å². The molecule has 1 fully saturated rings. The van der Waals surface area contributed by atoms with Gasteiger partial charge in [-0.2, -0.15) is 5.26 Å². The lowest BCUT2D eigenvalue weighted by Crippen LogP contribution is -2.52. The molecular weight excluding hydrogens is 457 g/mol. The van der Waals surface area contributed by atoms with Crippen LogP contribution in [0, 0.1) is 23.1 Å². The van der Waals surface area contributed by atoms with Gasteiger partial charge in [-0.25, -0.2) is 12.8 Å². The number of sulfonamides is 1. The standard InChI is InChI=1S/C24H26FN5O3S/c1-3-16(2)22(27-23-17-7-4-5-10-21(17)34(32,33)28-23)24(31)30-13-11-29(12-14-30)20-9-6-8-19(25)18(20)15-26/h4-10,16,22H,3,11-14H2,1-2H3,(H,27,28)/t16-,22-/m0/s1. The second-order valence-electron chi connectivity index (χ2n) is 8.47. The van der Waals surface area contributed by atoms with Crippen molar-refractivity contribution >= 4 is 27.5 Å². The highest BCUT2D eigenvalue weighted by molar-refractivity contribution is 7.90. The summed E-state index contributed by atoms with van der Waals surface area (Å²) in [6.45, 7) is 5.56. The zero-order valence-electron chi connectivity index (χ0n) is 19.0. The zero-order valence-corrected chi connectivity index (χ0v) is 19.8. The van der Waals surface area contributed by atoms with Crippen molar-refractivity contribution < 1.29 is 17.6 Å². The van der Waals surface area contributed by atoms with Crippen LogP contribution in [-0.4, -0.2) is 57.3 Å². The molecule has 0 aliphatic carbocycles. The number of fused-ring (bicyclic) bond motifs is 1. The number of nitriles is 1. The molecule has 0 saturated carbocycles. The molecule has 2 aliphatic heterocycles. The van der Waals surface area contributed by atoms with E-state index < -0.39 is 21.9 Å².